The molecule has 2 aromatic carbocycles. The van der Waals surface area contributed by atoms with Crippen LogP contribution in [0.1, 0.15) is 48.9 Å². The van der Waals surface area contributed by atoms with Crippen molar-refractivity contribution < 1.29 is 0 Å². The number of aromatic nitrogens is 4. The Hall–Kier alpha value is -3.69. The van der Waals surface area contributed by atoms with Gasteiger partial charge in [-0.3, -0.25) is 13.9 Å². The lowest BCUT2D eigenvalue weighted by molar-refractivity contribution is 0.388. The van der Waals surface area contributed by atoms with Crippen LogP contribution in [0, 0.1) is 0 Å². The fraction of sp³-hybridized carbons (Fsp3) is 0.414. The third-order valence-corrected chi connectivity index (χ3v) is 7.97. The van der Waals surface area contributed by atoms with E-state index in [4.69, 9.17) is 5.10 Å². The first-order chi connectivity index (χ1) is 18.5. The molecule has 198 valence electrons. The van der Waals surface area contributed by atoms with E-state index in [1.165, 1.54) is 23.0 Å². The van der Waals surface area contributed by atoms with E-state index in [-0.39, 0.29) is 17.3 Å². The van der Waals surface area contributed by atoms with Gasteiger partial charge in [0.25, 0.3) is 5.56 Å². The highest BCUT2D eigenvalue weighted by atomic mass is 16.2. The Labute approximate surface area is 221 Å². The van der Waals surface area contributed by atoms with E-state index in [0.29, 0.717) is 29.4 Å². The van der Waals surface area contributed by atoms with E-state index in [1.54, 1.807) is 11.6 Å². The van der Waals surface area contributed by atoms with Crippen LogP contribution in [0.2, 0.25) is 0 Å². The molecule has 9 nitrogen and oxygen atoms in total. The van der Waals surface area contributed by atoms with Gasteiger partial charge in [0.2, 0.25) is 0 Å². The van der Waals surface area contributed by atoms with Gasteiger partial charge in [0.05, 0.1) is 12.6 Å². The number of fused-ring (bicyclic) bond motifs is 1. The monoisotopic (exact) mass is 513 g/mol. The summed E-state index contributed by atoms with van der Waals surface area (Å²) in [5.41, 5.74) is 3.03. The topological polar surface area (TPSA) is 89.1 Å². The summed E-state index contributed by atoms with van der Waals surface area (Å²) >= 11 is 0. The van der Waals surface area contributed by atoms with Crippen molar-refractivity contribution in [3.05, 3.63) is 86.6 Å². The van der Waals surface area contributed by atoms with E-state index in [1.807, 2.05) is 35.0 Å². The summed E-state index contributed by atoms with van der Waals surface area (Å²) < 4.78 is 4.78. The van der Waals surface area contributed by atoms with Crippen LogP contribution in [0.15, 0.2) is 64.2 Å². The van der Waals surface area contributed by atoms with Crippen molar-refractivity contribution in [2.24, 2.45) is 7.05 Å². The van der Waals surface area contributed by atoms with Crippen LogP contribution < -0.4 is 21.9 Å². The Bertz CT molecular complexity index is 1550. The van der Waals surface area contributed by atoms with Crippen LogP contribution in [0.25, 0.3) is 11.0 Å². The largest absolute Gasteiger partial charge is 0.340 e. The summed E-state index contributed by atoms with van der Waals surface area (Å²) in [4.78, 5) is 29.1. The van der Waals surface area contributed by atoms with E-state index < -0.39 is 0 Å². The molecule has 0 amide bonds. The number of piperidine rings is 1. The van der Waals surface area contributed by atoms with Crippen molar-refractivity contribution in [1.29, 1.82) is 0 Å². The molecule has 6 rings (SSSR count). The maximum atomic E-state index is 13.5. The molecule has 4 aromatic rings. The number of hydrogen-bond donors (Lipinski definition) is 2. The summed E-state index contributed by atoms with van der Waals surface area (Å²) in [6.07, 6.45) is 4.49. The highest BCUT2D eigenvalue weighted by Gasteiger charge is 2.29. The van der Waals surface area contributed by atoms with Crippen LogP contribution in [-0.2, 0) is 13.6 Å². The summed E-state index contributed by atoms with van der Waals surface area (Å²) in [7, 11) is 3.61. The third kappa shape index (κ3) is 4.56. The lowest BCUT2D eigenvalue weighted by Gasteiger charge is -2.24. The van der Waals surface area contributed by atoms with Crippen LogP contribution in [0.3, 0.4) is 0 Å². The zero-order chi connectivity index (χ0) is 26.2. The molecule has 0 spiro atoms. The maximum absolute atomic E-state index is 13.5. The summed E-state index contributed by atoms with van der Waals surface area (Å²) in [5, 5.41) is 12.4. The van der Waals surface area contributed by atoms with Crippen LogP contribution in [-0.4, -0.2) is 50.5 Å². The van der Waals surface area contributed by atoms with E-state index in [2.05, 4.69) is 46.8 Å². The van der Waals surface area contributed by atoms with Gasteiger partial charge in [0.1, 0.15) is 11.2 Å². The smallest absolute Gasteiger partial charge is 0.332 e. The lowest BCUT2D eigenvalue weighted by atomic mass is 9.97. The Kier molecular flexibility index (Phi) is 6.63. The van der Waals surface area contributed by atoms with Gasteiger partial charge in [-0.2, -0.15) is 5.10 Å². The molecule has 0 bridgehead atoms. The van der Waals surface area contributed by atoms with Crippen LogP contribution in [0.4, 0.5) is 11.5 Å². The third-order valence-electron chi connectivity index (χ3n) is 7.97. The average molecular weight is 514 g/mol. The Morgan fingerprint density at radius 2 is 1.79 bits per heavy atom. The summed E-state index contributed by atoms with van der Waals surface area (Å²) in [6, 6.07) is 18.8. The maximum Gasteiger partial charge on any atom is 0.332 e. The SMILES string of the molecule is CN1CCC(n2c(=O)n(C)c(=O)c3c(Nc4ccccc4)n(Cc4ccc(C5CCCCN5)cc4)nc32)C1. The molecule has 2 atom stereocenters. The molecule has 2 aliphatic heterocycles. The predicted octanol–water partition coefficient (Wildman–Crippen LogP) is 3.38. The second kappa shape index (κ2) is 10.2. The zero-order valence-corrected chi connectivity index (χ0v) is 22.1. The Morgan fingerprint density at radius 1 is 1.00 bits per heavy atom. The fourth-order valence-electron chi connectivity index (χ4n) is 5.84. The number of nitrogens with zero attached hydrogens (tertiary/aromatic N) is 5. The molecule has 0 aliphatic carbocycles. The molecular weight excluding hydrogens is 478 g/mol. The number of likely N-dealkylation sites (tertiary alicyclic amines) is 1. The number of rotatable bonds is 6. The molecular formula is C29H35N7O2. The van der Waals surface area contributed by atoms with Crippen molar-refractivity contribution in [3.8, 4) is 0 Å². The Morgan fingerprint density at radius 3 is 2.47 bits per heavy atom. The summed E-state index contributed by atoms with van der Waals surface area (Å²) in [6.45, 7) is 3.19. The van der Waals surface area contributed by atoms with Crippen LogP contribution >= 0.6 is 0 Å². The molecule has 0 radical (unpaired) electrons. The van der Waals surface area contributed by atoms with Gasteiger partial charge >= 0.3 is 5.69 Å². The lowest BCUT2D eigenvalue weighted by Crippen LogP contribution is -2.40. The number of anilines is 2. The number of para-hydroxylation sites is 1. The number of benzene rings is 2. The predicted molar refractivity (Wildman–Crippen MR) is 150 cm³/mol. The molecule has 2 aromatic heterocycles. The van der Waals surface area contributed by atoms with Gasteiger partial charge in [-0.15, -0.1) is 0 Å². The molecule has 2 aliphatic rings. The van der Waals surface area contributed by atoms with Gasteiger partial charge in [-0.25, -0.2) is 9.48 Å². The van der Waals surface area contributed by atoms with Gasteiger partial charge < -0.3 is 15.5 Å². The molecule has 2 saturated heterocycles. The number of nitrogens with one attached hydrogen (secondary N) is 2. The summed E-state index contributed by atoms with van der Waals surface area (Å²) in [5.74, 6) is 0.602. The standard InChI is InChI=1S/C29H35N7O2/c1-33-17-15-23(19-33)36-27-25(28(37)34(2)29(36)38)26(31-22-8-4-3-5-9-22)35(32-27)18-20-11-13-21(14-12-20)24-10-6-7-16-30-24/h3-5,8-9,11-14,23-24,30-31H,6-7,10,15-19H2,1-2H3. The first-order valence-electron chi connectivity index (χ1n) is 13.5. The van der Waals surface area contributed by atoms with Crippen molar-refractivity contribution in [2.45, 2.75) is 44.3 Å². The molecule has 0 saturated carbocycles. The quantitative estimate of drug-likeness (QED) is 0.411. The number of hydrogen-bond acceptors (Lipinski definition) is 6. The van der Waals surface area contributed by atoms with Gasteiger partial charge in [-0.05, 0) is 62.7 Å². The van der Waals surface area contributed by atoms with Crippen molar-refractivity contribution >= 4 is 22.5 Å². The number of likely N-dealkylation sites (N-methyl/N-ethyl adjacent to an activating group) is 1. The second-order valence-corrected chi connectivity index (χ2v) is 10.7. The Balaban J connectivity index is 1.45. The molecule has 4 heterocycles. The van der Waals surface area contributed by atoms with Crippen LogP contribution in [0.5, 0.6) is 0 Å². The first-order valence-corrected chi connectivity index (χ1v) is 13.5. The van der Waals surface area contributed by atoms with Crippen molar-refractivity contribution in [2.75, 3.05) is 32.0 Å². The van der Waals surface area contributed by atoms with E-state index in [0.717, 1.165) is 43.7 Å². The van der Waals surface area contributed by atoms with Gasteiger partial charge in [-0.1, -0.05) is 48.9 Å². The zero-order valence-electron chi connectivity index (χ0n) is 22.1. The molecule has 38 heavy (non-hydrogen) atoms. The minimum atomic E-state index is -0.337. The molecule has 9 heteroatoms. The fourth-order valence-corrected chi connectivity index (χ4v) is 5.84. The second-order valence-electron chi connectivity index (χ2n) is 10.7. The first kappa shape index (κ1) is 24.6. The average Bonchev–Trinajstić information content (AvgIpc) is 3.52. The molecule has 2 unspecified atom stereocenters. The van der Waals surface area contributed by atoms with E-state index >= 15 is 0 Å². The highest BCUT2D eigenvalue weighted by molar-refractivity contribution is 5.89. The minimum absolute atomic E-state index is 0.0306. The van der Waals surface area contributed by atoms with Gasteiger partial charge in [0, 0.05) is 25.3 Å². The van der Waals surface area contributed by atoms with Crippen molar-refractivity contribution in [3.63, 3.8) is 0 Å². The van der Waals surface area contributed by atoms with E-state index in [9.17, 15) is 9.59 Å². The normalized spacial score (nSPS) is 20.3. The minimum Gasteiger partial charge on any atom is -0.340 e. The van der Waals surface area contributed by atoms with Gasteiger partial charge in [0.15, 0.2) is 5.65 Å². The highest BCUT2D eigenvalue weighted by Crippen LogP contribution is 2.29. The van der Waals surface area contributed by atoms with Crippen molar-refractivity contribution in [1.82, 2.24) is 29.1 Å². The molecule has 2 fully saturated rings. The molecule has 2 N–H and O–H groups in total.